The Morgan fingerprint density at radius 3 is 2.78 bits per heavy atom. The Kier molecular flexibility index (Phi) is 5.46. The molecule has 0 aromatic rings. The van der Waals surface area contributed by atoms with Crippen molar-refractivity contribution in [3.8, 4) is 0 Å². The lowest BCUT2D eigenvalue weighted by Crippen LogP contribution is -2.47. The van der Waals surface area contributed by atoms with Crippen molar-refractivity contribution in [1.82, 2.24) is 4.90 Å². The Balaban J connectivity index is 1.85. The highest BCUT2D eigenvalue weighted by Crippen LogP contribution is 2.34. The van der Waals surface area contributed by atoms with Crippen LogP contribution in [0.5, 0.6) is 0 Å². The Labute approximate surface area is 112 Å². The summed E-state index contributed by atoms with van der Waals surface area (Å²) in [6.45, 7) is 8.03. The average Bonchev–Trinajstić information content (AvgIpc) is 2.41. The number of hydrogen-bond donors (Lipinski definition) is 1. The van der Waals surface area contributed by atoms with Crippen LogP contribution in [0.2, 0.25) is 0 Å². The Bertz CT molecular complexity index is 237. The van der Waals surface area contributed by atoms with Crippen LogP contribution >= 0.6 is 0 Å². The molecule has 0 aliphatic carbocycles. The van der Waals surface area contributed by atoms with Crippen molar-refractivity contribution in [1.29, 1.82) is 0 Å². The van der Waals surface area contributed by atoms with Crippen LogP contribution in [0, 0.1) is 11.3 Å². The molecule has 2 aliphatic heterocycles. The van der Waals surface area contributed by atoms with Gasteiger partial charge in [0.15, 0.2) is 0 Å². The fraction of sp³-hybridized carbons (Fsp3) is 1.00. The van der Waals surface area contributed by atoms with Crippen molar-refractivity contribution in [3.05, 3.63) is 0 Å². The first-order valence-corrected chi connectivity index (χ1v) is 7.69. The lowest BCUT2D eigenvalue weighted by Gasteiger charge is -2.43. The van der Waals surface area contributed by atoms with Crippen LogP contribution in [-0.2, 0) is 4.74 Å². The number of aliphatic hydroxyl groups excluding tert-OH is 1. The third-order valence-electron chi connectivity index (χ3n) is 4.71. The predicted octanol–water partition coefficient (Wildman–Crippen LogP) is 2.29. The van der Waals surface area contributed by atoms with Crippen LogP contribution < -0.4 is 0 Å². The summed E-state index contributed by atoms with van der Waals surface area (Å²) in [6, 6.07) is 0. The van der Waals surface area contributed by atoms with Crippen LogP contribution in [-0.4, -0.2) is 49.5 Å². The maximum Gasteiger partial charge on any atom is 0.0499 e. The van der Waals surface area contributed by atoms with E-state index in [1.807, 2.05) is 0 Å². The van der Waals surface area contributed by atoms with Crippen molar-refractivity contribution in [2.45, 2.75) is 45.4 Å². The van der Waals surface area contributed by atoms with Crippen molar-refractivity contribution in [3.63, 3.8) is 0 Å². The monoisotopic (exact) mass is 255 g/mol. The second kappa shape index (κ2) is 6.88. The summed E-state index contributed by atoms with van der Waals surface area (Å²) in [6.07, 6.45) is 7.26. The molecule has 0 aromatic heterocycles. The lowest BCUT2D eigenvalue weighted by molar-refractivity contribution is 0.00276. The van der Waals surface area contributed by atoms with Crippen LogP contribution in [0.4, 0.5) is 0 Å². The Morgan fingerprint density at radius 2 is 2.11 bits per heavy atom. The zero-order valence-electron chi connectivity index (χ0n) is 11.9. The van der Waals surface area contributed by atoms with E-state index in [4.69, 9.17) is 4.74 Å². The van der Waals surface area contributed by atoms with E-state index in [1.165, 1.54) is 51.6 Å². The molecule has 2 heterocycles. The van der Waals surface area contributed by atoms with Gasteiger partial charge in [0.05, 0.1) is 0 Å². The molecule has 2 aliphatic rings. The van der Waals surface area contributed by atoms with Gasteiger partial charge in [0.1, 0.15) is 0 Å². The summed E-state index contributed by atoms with van der Waals surface area (Å²) in [7, 11) is 0. The summed E-state index contributed by atoms with van der Waals surface area (Å²) in [5, 5.41) is 9.75. The van der Waals surface area contributed by atoms with Crippen LogP contribution in [0.25, 0.3) is 0 Å². The molecule has 0 aromatic carbocycles. The molecule has 0 saturated carbocycles. The van der Waals surface area contributed by atoms with Gasteiger partial charge in [0, 0.05) is 38.3 Å². The molecule has 0 bridgehead atoms. The van der Waals surface area contributed by atoms with E-state index in [0.29, 0.717) is 6.61 Å². The molecular weight excluding hydrogens is 226 g/mol. The molecule has 3 nitrogen and oxygen atoms in total. The molecular formula is C15H29NO2. The topological polar surface area (TPSA) is 32.7 Å². The number of likely N-dealkylation sites (tertiary alicyclic amines) is 1. The molecule has 0 spiro atoms. The van der Waals surface area contributed by atoms with Gasteiger partial charge in [-0.1, -0.05) is 13.3 Å². The minimum absolute atomic E-state index is 0.193. The molecule has 1 unspecified atom stereocenters. The van der Waals surface area contributed by atoms with Gasteiger partial charge >= 0.3 is 0 Å². The number of piperidine rings is 1. The van der Waals surface area contributed by atoms with E-state index in [-0.39, 0.29) is 5.41 Å². The molecule has 2 rings (SSSR count). The minimum atomic E-state index is 0.193. The highest BCUT2D eigenvalue weighted by atomic mass is 16.5. The van der Waals surface area contributed by atoms with Crippen LogP contribution in [0.1, 0.15) is 45.4 Å². The molecule has 3 heteroatoms. The number of nitrogens with zero attached hydrogens (tertiary/aromatic N) is 1. The fourth-order valence-electron chi connectivity index (χ4n) is 3.70. The highest BCUT2D eigenvalue weighted by Gasteiger charge is 2.34. The summed E-state index contributed by atoms with van der Waals surface area (Å²) in [5.74, 6) is 0.815. The molecule has 0 radical (unpaired) electrons. The summed E-state index contributed by atoms with van der Waals surface area (Å²) < 4.78 is 5.43. The van der Waals surface area contributed by atoms with Gasteiger partial charge in [0.2, 0.25) is 0 Å². The Hall–Kier alpha value is -0.120. The van der Waals surface area contributed by atoms with Gasteiger partial charge in [-0.05, 0) is 44.6 Å². The highest BCUT2D eigenvalue weighted by molar-refractivity contribution is 4.87. The van der Waals surface area contributed by atoms with E-state index < -0.39 is 0 Å². The molecule has 1 atom stereocenters. The maximum atomic E-state index is 9.75. The van der Waals surface area contributed by atoms with E-state index >= 15 is 0 Å². The fourth-order valence-corrected chi connectivity index (χ4v) is 3.70. The molecule has 0 amide bonds. The molecule has 18 heavy (non-hydrogen) atoms. The molecule has 2 saturated heterocycles. The van der Waals surface area contributed by atoms with Gasteiger partial charge in [-0.3, -0.25) is 0 Å². The normalized spacial score (nSPS) is 31.7. The van der Waals surface area contributed by atoms with Gasteiger partial charge < -0.3 is 14.7 Å². The standard InChI is InChI=1S/C15H29NO2/c1-2-6-15(13-17)7-3-8-16(12-15)11-14-4-9-18-10-5-14/h14,17H,2-13H2,1H3. The molecule has 1 N–H and O–H groups in total. The average molecular weight is 255 g/mol. The van der Waals surface area contributed by atoms with E-state index in [0.717, 1.165) is 25.7 Å². The molecule has 2 fully saturated rings. The van der Waals surface area contributed by atoms with Crippen molar-refractivity contribution in [2.75, 3.05) is 39.5 Å². The number of ether oxygens (including phenoxy) is 1. The smallest absolute Gasteiger partial charge is 0.0499 e. The van der Waals surface area contributed by atoms with E-state index in [2.05, 4.69) is 11.8 Å². The third kappa shape index (κ3) is 3.69. The quantitative estimate of drug-likeness (QED) is 0.818. The minimum Gasteiger partial charge on any atom is -0.396 e. The third-order valence-corrected chi connectivity index (χ3v) is 4.71. The largest absolute Gasteiger partial charge is 0.396 e. The maximum absolute atomic E-state index is 9.75. The van der Waals surface area contributed by atoms with Gasteiger partial charge in [-0.2, -0.15) is 0 Å². The zero-order chi connectivity index (χ0) is 12.8. The summed E-state index contributed by atoms with van der Waals surface area (Å²) >= 11 is 0. The van der Waals surface area contributed by atoms with Crippen molar-refractivity contribution >= 4 is 0 Å². The van der Waals surface area contributed by atoms with E-state index in [1.54, 1.807) is 0 Å². The molecule has 106 valence electrons. The predicted molar refractivity (Wildman–Crippen MR) is 73.6 cm³/mol. The number of rotatable bonds is 5. The zero-order valence-corrected chi connectivity index (χ0v) is 11.9. The number of aliphatic hydroxyl groups is 1. The first-order valence-electron chi connectivity index (χ1n) is 7.69. The second-order valence-corrected chi connectivity index (χ2v) is 6.30. The van der Waals surface area contributed by atoms with Gasteiger partial charge in [-0.25, -0.2) is 0 Å². The van der Waals surface area contributed by atoms with Crippen LogP contribution in [0.3, 0.4) is 0 Å². The second-order valence-electron chi connectivity index (χ2n) is 6.30. The van der Waals surface area contributed by atoms with Gasteiger partial charge in [-0.15, -0.1) is 0 Å². The van der Waals surface area contributed by atoms with E-state index in [9.17, 15) is 5.11 Å². The summed E-state index contributed by atoms with van der Waals surface area (Å²) in [4.78, 5) is 2.60. The van der Waals surface area contributed by atoms with Gasteiger partial charge in [0.25, 0.3) is 0 Å². The lowest BCUT2D eigenvalue weighted by atomic mass is 9.76. The Morgan fingerprint density at radius 1 is 1.33 bits per heavy atom. The first-order chi connectivity index (χ1) is 8.78. The summed E-state index contributed by atoms with van der Waals surface area (Å²) in [5.41, 5.74) is 0.193. The number of hydrogen-bond acceptors (Lipinski definition) is 3. The van der Waals surface area contributed by atoms with Crippen molar-refractivity contribution < 1.29 is 9.84 Å². The SMILES string of the molecule is CCCC1(CO)CCCN(CC2CCOCC2)C1. The first kappa shape index (κ1) is 14.3. The van der Waals surface area contributed by atoms with Crippen molar-refractivity contribution in [2.24, 2.45) is 11.3 Å². The van der Waals surface area contributed by atoms with Crippen LogP contribution in [0.15, 0.2) is 0 Å².